The van der Waals surface area contributed by atoms with Crippen LogP contribution in [-0.4, -0.2) is 29.6 Å². The van der Waals surface area contributed by atoms with Crippen LogP contribution in [0, 0.1) is 0 Å². The molecule has 1 aliphatic carbocycles. The Balaban J connectivity index is 1.79. The van der Waals surface area contributed by atoms with Gasteiger partial charge in [0, 0.05) is 46.3 Å². The Bertz CT molecular complexity index is 466. The first-order valence-electron chi connectivity index (χ1n) is 7.54. The van der Waals surface area contributed by atoms with E-state index in [0.29, 0.717) is 10.5 Å². The van der Waals surface area contributed by atoms with E-state index in [9.17, 15) is 0 Å². The molecule has 0 amide bonds. The highest BCUT2D eigenvalue weighted by Gasteiger charge is 2.25. The van der Waals surface area contributed by atoms with Crippen molar-refractivity contribution in [2.24, 2.45) is 0 Å². The summed E-state index contributed by atoms with van der Waals surface area (Å²) in [4.78, 5) is 2.57. The monoisotopic (exact) mass is 354 g/mol. The van der Waals surface area contributed by atoms with E-state index >= 15 is 0 Å². The first-order valence-corrected chi connectivity index (χ1v) is 9.27. The molecular formula is C16H23BrN2S. The zero-order valence-corrected chi connectivity index (χ0v) is 14.6. The van der Waals surface area contributed by atoms with E-state index in [4.69, 9.17) is 0 Å². The third kappa shape index (κ3) is 3.71. The highest BCUT2D eigenvalue weighted by atomic mass is 79.9. The fourth-order valence-corrected chi connectivity index (χ4v) is 4.57. The molecule has 20 heavy (non-hydrogen) atoms. The van der Waals surface area contributed by atoms with Gasteiger partial charge in [-0.1, -0.05) is 35.8 Å². The van der Waals surface area contributed by atoms with Gasteiger partial charge < -0.3 is 10.2 Å². The molecule has 2 aliphatic rings. The van der Waals surface area contributed by atoms with E-state index in [1.54, 1.807) is 0 Å². The lowest BCUT2D eigenvalue weighted by molar-refractivity contribution is 0.676. The number of hydrogen-bond donors (Lipinski definition) is 1. The number of hydrogen-bond acceptors (Lipinski definition) is 3. The third-order valence-corrected chi connectivity index (χ3v) is 5.69. The van der Waals surface area contributed by atoms with Crippen molar-refractivity contribution in [2.45, 2.75) is 49.8 Å². The lowest BCUT2D eigenvalue weighted by Gasteiger charge is -2.37. The van der Waals surface area contributed by atoms with Crippen molar-refractivity contribution in [2.75, 3.05) is 18.0 Å². The molecule has 2 fully saturated rings. The molecule has 3 rings (SSSR count). The summed E-state index contributed by atoms with van der Waals surface area (Å²) >= 11 is 5.74. The minimum atomic E-state index is 0.710. The van der Waals surface area contributed by atoms with E-state index in [-0.39, 0.29) is 0 Å². The molecule has 2 unspecified atom stereocenters. The highest BCUT2D eigenvalue weighted by molar-refractivity contribution is 9.10. The average molecular weight is 355 g/mol. The fourth-order valence-electron chi connectivity index (χ4n) is 2.90. The van der Waals surface area contributed by atoms with Crippen LogP contribution in [0.4, 0.5) is 5.69 Å². The maximum atomic E-state index is 3.65. The molecule has 1 aromatic carbocycles. The Morgan fingerprint density at radius 2 is 1.95 bits per heavy atom. The first kappa shape index (κ1) is 14.7. The van der Waals surface area contributed by atoms with Crippen molar-refractivity contribution in [1.29, 1.82) is 0 Å². The number of thioether (sulfide) groups is 1. The lowest BCUT2D eigenvalue weighted by atomic mass is 10.1. The molecule has 0 aromatic heterocycles. The molecule has 2 nitrogen and oxygen atoms in total. The zero-order chi connectivity index (χ0) is 14.1. The summed E-state index contributed by atoms with van der Waals surface area (Å²) in [5.74, 6) is 0. The van der Waals surface area contributed by atoms with Crippen LogP contribution < -0.4 is 10.2 Å². The van der Waals surface area contributed by atoms with Gasteiger partial charge in [-0.15, -0.1) is 0 Å². The second kappa shape index (κ2) is 6.29. The molecule has 0 bridgehead atoms. The van der Waals surface area contributed by atoms with Crippen molar-refractivity contribution in [3.05, 3.63) is 28.2 Å². The normalized spacial score (nSPS) is 26.9. The second-order valence-corrected chi connectivity index (χ2v) is 8.89. The molecule has 1 heterocycles. The van der Waals surface area contributed by atoms with E-state index < -0.39 is 0 Å². The van der Waals surface area contributed by atoms with Crippen molar-refractivity contribution in [3.63, 3.8) is 0 Å². The van der Waals surface area contributed by atoms with Gasteiger partial charge in [0.05, 0.1) is 0 Å². The van der Waals surface area contributed by atoms with Gasteiger partial charge in [0.2, 0.25) is 0 Å². The van der Waals surface area contributed by atoms with Crippen LogP contribution in [0.5, 0.6) is 0 Å². The van der Waals surface area contributed by atoms with Crippen LogP contribution in [0.1, 0.15) is 32.3 Å². The van der Waals surface area contributed by atoms with E-state index in [2.05, 4.69) is 70.0 Å². The number of nitrogens with one attached hydrogen (secondary N) is 1. The van der Waals surface area contributed by atoms with Gasteiger partial charge in [0.25, 0.3) is 0 Å². The summed E-state index contributed by atoms with van der Waals surface area (Å²) in [6.45, 7) is 7.99. The summed E-state index contributed by atoms with van der Waals surface area (Å²) in [5.41, 5.74) is 2.85. The smallest absolute Gasteiger partial charge is 0.0423 e. The average Bonchev–Trinajstić information content (AvgIpc) is 3.20. The number of nitrogens with zero attached hydrogens (tertiary/aromatic N) is 1. The summed E-state index contributed by atoms with van der Waals surface area (Å²) < 4.78 is 1.18. The van der Waals surface area contributed by atoms with Gasteiger partial charge in [-0.2, -0.15) is 11.8 Å². The summed E-state index contributed by atoms with van der Waals surface area (Å²) in [6, 6.07) is 7.49. The standard InChI is InChI=1S/C16H23BrN2S/c1-11-9-19(10-12(2)20-11)16-7-14(17)4-3-13(16)8-18-15-5-6-15/h3-4,7,11-12,15,18H,5-6,8-10H2,1-2H3. The lowest BCUT2D eigenvalue weighted by Crippen LogP contribution is -2.41. The zero-order valence-electron chi connectivity index (χ0n) is 12.2. The minimum Gasteiger partial charge on any atom is -0.369 e. The highest BCUT2D eigenvalue weighted by Crippen LogP contribution is 2.32. The van der Waals surface area contributed by atoms with Crippen LogP contribution in [0.2, 0.25) is 0 Å². The Morgan fingerprint density at radius 1 is 1.25 bits per heavy atom. The second-order valence-electron chi connectivity index (χ2n) is 6.09. The number of anilines is 1. The molecule has 0 radical (unpaired) electrons. The van der Waals surface area contributed by atoms with Gasteiger partial charge in [-0.05, 0) is 30.5 Å². The third-order valence-electron chi connectivity index (χ3n) is 3.97. The Labute approximate surface area is 134 Å². The molecule has 1 saturated heterocycles. The molecule has 4 heteroatoms. The van der Waals surface area contributed by atoms with Crippen LogP contribution in [0.3, 0.4) is 0 Å². The number of benzene rings is 1. The van der Waals surface area contributed by atoms with Crippen LogP contribution in [-0.2, 0) is 6.54 Å². The van der Waals surface area contributed by atoms with Crippen LogP contribution in [0.15, 0.2) is 22.7 Å². The van der Waals surface area contributed by atoms with E-state index in [0.717, 1.165) is 25.7 Å². The molecule has 2 atom stereocenters. The Morgan fingerprint density at radius 3 is 2.60 bits per heavy atom. The van der Waals surface area contributed by atoms with Gasteiger partial charge in [0.1, 0.15) is 0 Å². The number of halogens is 1. The van der Waals surface area contributed by atoms with Crippen molar-refractivity contribution >= 4 is 33.4 Å². The van der Waals surface area contributed by atoms with Crippen LogP contribution >= 0.6 is 27.7 Å². The summed E-state index contributed by atoms with van der Waals surface area (Å²) in [5, 5.41) is 5.07. The first-order chi connectivity index (χ1) is 9.61. The maximum Gasteiger partial charge on any atom is 0.0423 e. The Hall–Kier alpha value is -0.190. The molecular weight excluding hydrogens is 332 g/mol. The summed E-state index contributed by atoms with van der Waals surface area (Å²) in [6.07, 6.45) is 2.70. The minimum absolute atomic E-state index is 0.710. The Kier molecular flexibility index (Phi) is 4.63. The molecule has 1 saturated carbocycles. The maximum absolute atomic E-state index is 3.65. The van der Waals surface area contributed by atoms with Crippen LogP contribution in [0.25, 0.3) is 0 Å². The van der Waals surface area contributed by atoms with Gasteiger partial charge in [0.15, 0.2) is 0 Å². The molecule has 1 aliphatic heterocycles. The predicted molar refractivity (Wildman–Crippen MR) is 92.7 cm³/mol. The predicted octanol–water partition coefficient (Wildman–Crippen LogP) is 4.03. The van der Waals surface area contributed by atoms with E-state index in [1.165, 1.54) is 28.6 Å². The largest absolute Gasteiger partial charge is 0.369 e. The summed E-state index contributed by atoms with van der Waals surface area (Å²) in [7, 11) is 0. The fraction of sp³-hybridized carbons (Fsp3) is 0.625. The molecule has 1 N–H and O–H groups in total. The van der Waals surface area contributed by atoms with Gasteiger partial charge in [-0.25, -0.2) is 0 Å². The SMILES string of the molecule is CC1CN(c2cc(Br)ccc2CNC2CC2)CC(C)S1. The quantitative estimate of drug-likeness (QED) is 0.878. The number of rotatable bonds is 4. The topological polar surface area (TPSA) is 15.3 Å². The van der Waals surface area contributed by atoms with Crippen molar-refractivity contribution in [1.82, 2.24) is 5.32 Å². The van der Waals surface area contributed by atoms with Crippen molar-refractivity contribution < 1.29 is 0 Å². The van der Waals surface area contributed by atoms with Gasteiger partial charge in [-0.3, -0.25) is 0 Å². The van der Waals surface area contributed by atoms with Crippen molar-refractivity contribution in [3.8, 4) is 0 Å². The van der Waals surface area contributed by atoms with E-state index in [1.807, 2.05) is 0 Å². The van der Waals surface area contributed by atoms with Gasteiger partial charge >= 0.3 is 0 Å². The molecule has 1 aromatic rings. The molecule has 110 valence electrons. The molecule has 0 spiro atoms.